The zero-order valence-electron chi connectivity index (χ0n) is 4.53. The number of hydrogen-bond acceptors (Lipinski definition) is 4. The van der Waals surface area contributed by atoms with Crippen molar-refractivity contribution in [1.82, 2.24) is 0 Å². The van der Waals surface area contributed by atoms with Crippen LogP contribution in [0.25, 0.3) is 0 Å². The average molecular weight is 139 g/mol. The minimum absolute atomic E-state index is 0.343. The molecule has 0 aromatic rings. The first-order chi connectivity index (χ1) is 3.81. The maximum Gasteiger partial charge on any atom is 0.728 e. The summed E-state index contributed by atoms with van der Waals surface area (Å²) in [6.07, 6.45) is 0.754. The summed E-state index contributed by atoms with van der Waals surface area (Å²) < 4.78 is 17.7. The SMILES string of the molecule is CCCO[P+](=O)OO. The average Bonchev–Trinajstić information content (AvgIpc) is 1.83. The Morgan fingerprint density at radius 2 is 2.38 bits per heavy atom. The second-order valence-electron chi connectivity index (χ2n) is 1.14. The molecule has 0 aromatic carbocycles. The lowest BCUT2D eigenvalue weighted by molar-refractivity contribution is -0.141. The molecule has 0 amide bonds. The van der Waals surface area contributed by atoms with E-state index in [0.29, 0.717) is 6.61 Å². The molecule has 8 heavy (non-hydrogen) atoms. The smallest absolute Gasteiger partial charge is 0.202 e. The van der Waals surface area contributed by atoms with Crippen molar-refractivity contribution in [3.8, 4) is 0 Å². The fourth-order valence-corrected chi connectivity index (χ4v) is 0.568. The van der Waals surface area contributed by atoms with Crippen LogP contribution in [0.3, 0.4) is 0 Å². The van der Waals surface area contributed by atoms with Gasteiger partial charge in [-0.3, -0.25) is 0 Å². The van der Waals surface area contributed by atoms with E-state index < -0.39 is 8.25 Å². The van der Waals surface area contributed by atoms with E-state index in [1.165, 1.54) is 0 Å². The van der Waals surface area contributed by atoms with Gasteiger partial charge in [-0.05, 0) is 6.42 Å². The summed E-state index contributed by atoms with van der Waals surface area (Å²) in [6.45, 7) is 2.20. The van der Waals surface area contributed by atoms with Crippen molar-refractivity contribution in [1.29, 1.82) is 0 Å². The van der Waals surface area contributed by atoms with Crippen LogP contribution >= 0.6 is 8.25 Å². The Kier molecular flexibility index (Phi) is 5.11. The van der Waals surface area contributed by atoms with Gasteiger partial charge in [0.25, 0.3) is 0 Å². The molecule has 1 N–H and O–H groups in total. The fraction of sp³-hybridized carbons (Fsp3) is 1.00. The molecule has 0 bridgehead atoms. The van der Waals surface area contributed by atoms with Gasteiger partial charge in [0.2, 0.25) is 0 Å². The van der Waals surface area contributed by atoms with E-state index in [-0.39, 0.29) is 0 Å². The summed E-state index contributed by atoms with van der Waals surface area (Å²) in [6, 6.07) is 0. The van der Waals surface area contributed by atoms with Gasteiger partial charge in [-0.25, -0.2) is 5.26 Å². The van der Waals surface area contributed by atoms with Crippen LogP contribution in [-0.4, -0.2) is 11.9 Å². The molecule has 0 saturated carbocycles. The summed E-state index contributed by atoms with van der Waals surface area (Å²) in [5, 5.41) is 7.65. The van der Waals surface area contributed by atoms with Gasteiger partial charge in [0.1, 0.15) is 6.61 Å². The Morgan fingerprint density at radius 1 is 1.75 bits per heavy atom. The molecule has 0 aliphatic carbocycles. The summed E-state index contributed by atoms with van der Waals surface area (Å²) in [5.74, 6) is 0. The summed E-state index contributed by atoms with van der Waals surface area (Å²) in [4.78, 5) is 0. The van der Waals surface area contributed by atoms with Crippen molar-refractivity contribution in [2.24, 2.45) is 0 Å². The largest absolute Gasteiger partial charge is 0.728 e. The van der Waals surface area contributed by atoms with Gasteiger partial charge in [0, 0.05) is 4.57 Å². The number of rotatable bonds is 4. The topological polar surface area (TPSA) is 55.8 Å². The highest BCUT2D eigenvalue weighted by Gasteiger charge is 2.17. The van der Waals surface area contributed by atoms with Gasteiger partial charge in [-0.15, -0.1) is 4.52 Å². The highest BCUT2D eigenvalue weighted by molar-refractivity contribution is 7.33. The zero-order chi connectivity index (χ0) is 6.41. The molecular weight excluding hydrogens is 131 g/mol. The highest BCUT2D eigenvalue weighted by Crippen LogP contribution is 2.20. The lowest BCUT2D eigenvalue weighted by atomic mass is 10.5. The molecule has 0 fully saturated rings. The highest BCUT2D eigenvalue weighted by atomic mass is 31.1. The van der Waals surface area contributed by atoms with Gasteiger partial charge in [0.05, 0.1) is 4.67 Å². The molecule has 5 heteroatoms. The standard InChI is InChI=1S/C3H7O4P/c1-2-3-6-8(5)7-4/h2-3H2,1H3/p+1. The molecule has 0 heterocycles. The van der Waals surface area contributed by atoms with Crippen LogP contribution in [0.4, 0.5) is 0 Å². The molecule has 0 aliphatic heterocycles. The van der Waals surface area contributed by atoms with Crippen LogP contribution in [0.1, 0.15) is 13.3 Å². The van der Waals surface area contributed by atoms with E-state index in [2.05, 4.69) is 9.20 Å². The lowest BCUT2D eigenvalue weighted by Gasteiger charge is -1.79. The Balaban J connectivity index is 2.99. The van der Waals surface area contributed by atoms with E-state index in [9.17, 15) is 4.57 Å². The molecule has 1 atom stereocenters. The number of hydrogen-bond donors (Lipinski definition) is 1. The quantitative estimate of drug-likeness (QED) is 0.364. The first-order valence-electron chi connectivity index (χ1n) is 2.23. The molecule has 1 unspecified atom stereocenters. The van der Waals surface area contributed by atoms with E-state index in [0.717, 1.165) is 6.42 Å². The molecule has 0 spiro atoms. The minimum atomic E-state index is -2.28. The van der Waals surface area contributed by atoms with Gasteiger partial charge >= 0.3 is 8.25 Å². The van der Waals surface area contributed by atoms with Crippen LogP contribution in [-0.2, 0) is 13.8 Å². The predicted octanol–water partition coefficient (Wildman–Crippen LogP) is 1.56. The van der Waals surface area contributed by atoms with Crippen LogP contribution in [0.5, 0.6) is 0 Å². The van der Waals surface area contributed by atoms with E-state index >= 15 is 0 Å². The molecule has 4 nitrogen and oxygen atoms in total. The maximum atomic E-state index is 10.0. The second-order valence-corrected chi connectivity index (χ2v) is 2.01. The van der Waals surface area contributed by atoms with E-state index in [1.54, 1.807) is 0 Å². The first-order valence-corrected chi connectivity index (χ1v) is 3.32. The van der Waals surface area contributed by atoms with Crippen LogP contribution in [0, 0.1) is 0 Å². The molecule has 0 saturated heterocycles. The molecule has 0 aromatic heterocycles. The zero-order valence-corrected chi connectivity index (χ0v) is 5.43. The third-order valence-corrected chi connectivity index (χ3v) is 0.994. The van der Waals surface area contributed by atoms with Crippen molar-refractivity contribution < 1.29 is 19.0 Å². The third kappa shape index (κ3) is 4.15. The lowest BCUT2D eigenvalue weighted by Crippen LogP contribution is -1.82. The molecular formula is C3H8O4P+. The second kappa shape index (κ2) is 5.12. The van der Waals surface area contributed by atoms with Gasteiger partial charge in [-0.2, -0.15) is 0 Å². The first kappa shape index (κ1) is 7.98. The van der Waals surface area contributed by atoms with E-state index in [4.69, 9.17) is 5.26 Å². The van der Waals surface area contributed by atoms with Gasteiger partial charge in [0.15, 0.2) is 0 Å². The Labute approximate surface area is 48.3 Å². The third-order valence-electron chi connectivity index (χ3n) is 0.467. The Morgan fingerprint density at radius 3 is 2.75 bits per heavy atom. The normalized spacial score (nSPS) is 11.5. The summed E-state index contributed by atoms with van der Waals surface area (Å²) >= 11 is 0. The van der Waals surface area contributed by atoms with Crippen LogP contribution in [0.15, 0.2) is 0 Å². The minimum Gasteiger partial charge on any atom is -0.202 e. The summed E-state index contributed by atoms with van der Waals surface area (Å²) in [7, 11) is -2.28. The van der Waals surface area contributed by atoms with Crippen LogP contribution < -0.4 is 0 Å². The van der Waals surface area contributed by atoms with E-state index in [1.807, 2.05) is 6.92 Å². The molecule has 0 aliphatic rings. The Bertz CT molecular complexity index is 73.7. The van der Waals surface area contributed by atoms with Gasteiger partial charge in [-0.1, -0.05) is 6.92 Å². The molecule has 0 rings (SSSR count). The van der Waals surface area contributed by atoms with Crippen molar-refractivity contribution in [3.63, 3.8) is 0 Å². The molecule has 48 valence electrons. The fourth-order valence-electron chi connectivity index (χ4n) is 0.189. The maximum absolute atomic E-state index is 10.0. The Hall–Kier alpha value is -0.0200. The van der Waals surface area contributed by atoms with Gasteiger partial charge < -0.3 is 0 Å². The van der Waals surface area contributed by atoms with Crippen molar-refractivity contribution in [2.45, 2.75) is 13.3 Å². The van der Waals surface area contributed by atoms with Crippen LogP contribution in [0.2, 0.25) is 0 Å². The molecule has 0 radical (unpaired) electrons. The van der Waals surface area contributed by atoms with Crippen molar-refractivity contribution in [2.75, 3.05) is 6.61 Å². The van der Waals surface area contributed by atoms with Crippen molar-refractivity contribution >= 4 is 8.25 Å². The predicted molar refractivity (Wildman–Crippen MR) is 27.6 cm³/mol. The van der Waals surface area contributed by atoms with Crippen molar-refractivity contribution in [3.05, 3.63) is 0 Å². The summed E-state index contributed by atoms with van der Waals surface area (Å²) in [5.41, 5.74) is 0. The monoisotopic (exact) mass is 139 g/mol.